The molecule has 1 fully saturated rings. The summed E-state index contributed by atoms with van der Waals surface area (Å²) in [7, 11) is 0. The Balaban J connectivity index is 1.84. The van der Waals surface area contributed by atoms with Crippen molar-refractivity contribution in [2.45, 2.75) is 24.9 Å². The zero-order valence-electron chi connectivity index (χ0n) is 15.2. The first kappa shape index (κ1) is 18.6. The number of benzene rings is 1. The maximum atomic E-state index is 13.2. The first-order chi connectivity index (χ1) is 13.4. The molecule has 3 heterocycles. The van der Waals surface area contributed by atoms with Gasteiger partial charge in [-0.25, -0.2) is 4.98 Å². The largest absolute Gasteiger partial charge is 0.416 e. The molecule has 0 saturated carbocycles. The lowest BCUT2D eigenvalue weighted by Gasteiger charge is -2.21. The van der Waals surface area contributed by atoms with Crippen LogP contribution in [-0.2, 0) is 6.18 Å². The minimum Gasteiger partial charge on any atom is -0.384 e. The molecule has 4 N–H and O–H groups in total. The third-order valence-corrected chi connectivity index (χ3v) is 5.19. The van der Waals surface area contributed by atoms with Crippen molar-refractivity contribution in [2.75, 3.05) is 18.8 Å². The third kappa shape index (κ3) is 3.75. The van der Waals surface area contributed by atoms with E-state index in [2.05, 4.69) is 15.3 Å². The Hall–Kier alpha value is -2.80. The van der Waals surface area contributed by atoms with Crippen LogP contribution in [0.4, 0.5) is 19.0 Å². The number of aromatic nitrogens is 2. The van der Waals surface area contributed by atoms with Crippen LogP contribution >= 0.6 is 0 Å². The van der Waals surface area contributed by atoms with Gasteiger partial charge in [-0.05, 0) is 67.4 Å². The summed E-state index contributed by atoms with van der Waals surface area (Å²) in [6, 6.07) is 11.0. The number of nitrogens with two attached hydrogens (primary N) is 1. The Morgan fingerprint density at radius 1 is 1.00 bits per heavy atom. The SMILES string of the molecule is Nc1cc(-c2cc(C3CCNCC3)[nH]c2-c2cccc(C(F)(F)F)c2)ccn1. The number of nitrogen functional groups attached to an aromatic ring is 1. The highest BCUT2D eigenvalue weighted by atomic mass is 19.4. The van der Waals surface area contributed by atoms with Crippen molar-refractivity contribution in [1.82, 2.24) is 15.3 Å². The second kappa shape index (κ2) is 7.31. The van der Waals surface area contributed by atoms with Crippen LogP contribution in [-0.4, -0.2) is 23.1 Å². The highest BCUT2D eigenvalue weighted by Crippen LogP contribution is 2.39. The van der Waals surface area contributed by atoms with E-state index in [0.717, 1.165) is 48.8 Å². The van der Waals surface area contributed by atoms with E-state index in [4.69, 9.17) is 5.73 Å². The number of rotatable bonds is 3. The predicted molar refractivity (Wildman–Crippen MR) is 104 cm³/mol. The molecule has 0 aliphatic carbocycles. The number of nitrogens with one attached hydrogen (secondary N) is 2. The van der Waals surface area contributed by atoms with Crippen LogP contribution in [0.2, 0.25) is 0 Å². The lowest BCUT2D eigenvalue weighted by molar-refractivity contribution is -0.137. The van der Waals surface area contributed by atoms with Crippen LogP contribution in [0.15, 0.2) is 48.7 Å². The van der Waals surface area contributed by atoms with Gasteiger partial charge in [-0.15, -0.1) is 0 Å². The molecule has 1 saturated heterocycles. The van der Waals surface area contributed by atoms with E-state index in [-0.39, 0.29) is 0 Å². The number of aromatic amines is 1. The smallest absolute Gasteiger partial charge is 0.384 e. The third-order valence-electron chi connectivity index (χ3n) is 5.19. The number of halogens is 3. The van der Waals surface area contributed by atoms with E-state index in [1.165, 1.54) is 12.1 Å². The summed E-state index contributed by atoms with van der Waals surface area (Å²) in [5.74, 6) is 0.718. The molecule has 1 aliphatic rings. The number of H-pyrrole nitrogens is 1. The summed E-state index contributed by atoms with van der Waals surface area (Å²) < 4.78 is 39.6. The van der Waals surface area contributed by atoms with Crippen molar-refractivity contribution in [3.05, 3.63) is 59.9 Å². The number of nitrogens with zero attached hydrogens (tertiary/aromatic N) is 1. The van der Waals surface area contributed by atoms with E-state index >= 15 is 0 Å². The fraction of sp³-hybridized carbons (Fsp3) is 0.286. The van der Waals surface area contributed by atoms with Crippen molar-refractivity contribution in [3.8, 4) is 22.4 Å². The molecule has 2 aromatic heterocycles. The van der Waals surface area contributed by atoms with Crippen molar-refractivity contribution < 1.29 is 13.2 Å². The number of piperidine rings is 1. The van der Waals surface area contributed by atoms with Gasteiger partial charge in [0.1, 0.15) is 5.82 Å². The van der Waals surface area contributed by atoms with Crippen molar-refractivity contribution in [2.24, 2.45) is 0 Å². The number of anilines is 1. The quantitative estimate of drug-likeness (QED) is 0.605. The molecular formula is C21H21F3N4. The van der Waals surface area contributed by atoms with Crippen LogP contribution < -0.4 is 11.1 Å². The molecule has 3 aromatic rings. The van der Waals surface area contributed by atoms with Crippen LogP contribution in [0.5, 0.6) is 0 Å². The lowest BCUT2D eigenvalue weighted by atomic mass is 9.94. The fourth-order valence-corrected chi connectivity index (χ4v) is 3.75. The Morgan fingerprint density at radius 3 is 2.50 bits per heavy atom. The normalized spacial score (nSPS) is 15.7. The van der Waals surface area contributed by atoms with Crippen LogP contribution in [0.25, 0.3) is 22.4 Å². The van der Waals surface area contributed by atoms with Gasteiger partial charge in [0, 0.05) is 23.4 Å². The summed E-state index contributed by atoms with van der Waals surface area (Å²) in [5, 5.41) is 3.34. The van der Waals surface area contributed by atoms with Crippen LogP contribution in [0.1, 0.15) is 30.0 Å². The van der Waals surface area contributed by atoms with E-state index in [0.29, 0.717) is 23.0 Å². The molecule has 0 spiro atoms. The van der Waals surface area contributed by atoms with Gasteiger partial charge in [0.15, 0.2) is 0 Å². The molecule has 1 aromatic carbocycles. The molecule has 0 bridgehead atoms. The Kier molecular flexibility index (Phi) is 4.85. The van der Waals surface area contributed by atoms with Gasteiger partial charge >= 0.3 is 6.18 Å². The molecule has 0 unspecified atom stereocenters. The Labute approximate surface area is 161 Å². The van der Waals surface area contributed by atoms with Gasteiger partial charge in [0.25, 0.3) is 0 Å². The van der Waals surface area contributed by atoms with Gasteiger partial charge in [-0.2, -0.15) is 13.2 Å². The summed E-state index contributed by atoms with van der Waals surface area (Å²) in [4.78, 5) is 7.43. The summed E-state index contributed by atoms with van der Waals surface area (Å²) in [5.41, 5.74) is 9.05. The van der Waals surface area contributed by atoms with E-state index in [1.54, 1.807) is 18.3 Å². The number of pyridine rings is 1. The van der Waals surface area contributed by atoms with Crippen LogP contribution in [0, 0.1) is 0 Å². The van der Waals surface area contributed by atoms with E-state index < -0.39 is 11.7 Å². The molecule has 0 amide bonds. The average Bonchev–Trinajstić information content (AvgIpc) is 3.14. The highest BCUT2D eigenvalue weighted by Gasteiger charge is 2.31. The second-order valence-corrected chi connectivity index (χ2v) is 7.09. The van der Waals surface area contributed by atoms with Crippen molar-refractivity contribution in [1.29, 1.82) is 0 Å². The maximum Gasteiger partial charge on any atom is 0.416 e. The van der Waals surface area contributed by atoms with Gasteiger partial charge < -0.3 is 16.0 Å². The molecule has 0 atom stereocenters. The van der Waals surface area contributed by atoms with Gasteiger partial charge in [-0.3, -0.25) is 0 Å². The van der Waals surface area contributed by atoms with E-state index in [1.807, 2.05) is 12.1 Å². The molecule has 28 heavy (non-hydrogen) atoms. The fourth-order valence-electron chi connectivity index (χ4n) is 3.75. The zero-order valence-corrected chi connectivity index (χ0v) is 15.2. The summed E-state index contributed by atoms with van der Waals surface area (Å²) >= 11 is 0. The Morgan fingerprint density at radius 2 is 1.79 bits per heavy atom. The highest BCUT2D eigenvalue weighted by molar-refractivity contribution is 5.83. The van der Waals surface area contributed by atoms with Crippen molar-refractivity contribution >= 4 is 5.82 Å². The first-order valence-corrected chi connectivity index (χ1v) is 9.25. The number of hydrogen-bond acceptors (Lipinski definition) is 3. The molecule has 4 nitrogen and oxygen atoms in total. The summed E-state index contributed by atoms with van der Waals surface area (Å²) in [6.07, 6.45) is -0.805. The van der Waals surface area contributed by atoms with E-state index in [9.17, 15) is 13.2 Å². The molecule has 146 valence electrons. The van der Waals surface area contributed by atoms with Gasteiger partial charge in [0.05, 0.1) is 11.3 Å². The van der Waals surface area contributed by atoms with Gasteiger partial charge in [-0.1, -0.05) is 12.1 Å². The van der Waals surface area contributed by atoms with Gasteiger partial charge in [0.2, 0.25) is 0 Å². The standard InChI is InChI=1S/C21H21F3N4/c22-21(23,24)16-3-1-2-15(10-16)20-17(14-6-9-27-19(25)11-14)12-18(28-20)13-4-7-26-8-5-13/h1-3,6,9-13,26,28H,4-5,7-8H2,(H2,25,27). The molecule has 1 aliphatic heterocycles. The van der Waals surface area contributed by atoms with Crippen molar-refractivity contribution in [3.63, 3.8) is 0 Å². The average molecular weight is 386 g/mol. The topological polar surface area (TPSA) is 66.7 Å². The summed E-state index contributed by atoms with van der Waals surface area (Å²) in [6.45, 7) is 1.86. The first-order valence-electron chi connectivity index (χ1n) is 9.25. The molecule has 0 radical (unpaired) electrons. The lowest BCUT2D eigenvalue weighted by Crippen LogP contribution is -2.26. The minimum atomic E-state index is -4.39. The molecule has 4 rings (SSSR count). The predicted octanol–water partition coefficient (Wildman–Crippen LogP) is 4.81. The second-order valence-electron chi connectivity index (χ2n) is 7.09. The Bertz CT molecular complexity index is 972. The number of hydrogen-bond donors (Lipinski definition) is 3. The molecular weight excluding hydrogens is 365 g/mol. The maximum absolute atomic E-state index is 13.2. The monoisotopic (exact) mass is 386 g/mol. The minimum absolute atomic E-state index is 0.346. The molecule has 7 heteroatoms. The zero-order chi connectivity index (χ0) is 19.7. The van der Waals surface area contributed by atoms with Crippen LogP contribution in [0.3, 0.4) is 0 Å². The number of alkyl halides is 3.